The summed E-state index contributed by atoms with van der Waals surface area (Å²) < 4.78 is 10.4. The van der Waals surface area contributed by atoms with E-state index in [9.17, 15) is 9.90 Å². The van der Waals surface area contributed by atoms with E-state index in [2.05, 4.69) is 5.32 Å². The fourth-order valence-electron chi connectivity index (χ4n) is 3.41. The smallest absolute Gasteiger partial charge is 0.242 e. The first-order chi connectivity index (χ1) is 12.1. The van der Waals surface area contributed by atoms with Gasteiger partial charge in [0.15, 0.2) is 11.8 Å². The maximum absolute atomic E-state index is 11.8. The monoisotopic (exact) mass is 347 g/mol. The minimum absolute atomic E-state index is 0.0120. The third-order valence-electron chi connectivity index (χ3n) is 4.72. The summed E-state index contributed by atoms with van der Waals surface area (Å²) in [6.45, 7) is 3.61. The summed E-state index contributed by atoms with van der Waals surface area (Å²) >= 11 is 0. The zero-order valence-electron chi connectivity index (χ0n) is 14.4. The number of piperidine rings is 1. The molecule has 2 aliphatic heterocycles. The molecule has 7 heteroatoms. The lowest BCUT2D eigenvalue weighted by molar-refractivity contribution is -0.123. The Balaban J connectivity index is 1.61. The van der Waals surface area contributed by atoms with Gasteiger partial charge in [-0.25, -0.2) is 0 Å². The van der Waals surface area contributed by atoms with Gasteiger partial charge >= 0.3 is 0 Å². The highest BCUT2D eigenvalue weighted by Crippen LogP contribution is 2.25. The van der Waals surface area contributed by atoms with Crippen LogP contribution in [0.4, 0.5) is 5.69 Å². The Morgan fingerprint density at radius 3 is 2.80 bits per heavy atom. The molecule has 7 nitrogen and oxygen atoms in total. The Labute approximate surface area is 147 Å². The molecule has 1 amide bonds. The third kappa shape index (κ3) is 4.05. The summed E-state index contributed by atoms with van der Waals surface area (Å²) in [5.74, 6) is 0.0595. The van der Waals surface area contributed by atoms with E-state index in [1.807, 2.05) is 30.0 Å². The molecule has 0 radical (unpaired) electrons. The van der Waals surface area contributed by atoms with Gasteiger partial charge in [-0.2, -0.15) is 0 Å². The number of nitrogens with zero attached hydrogens (tertiary/aromatic N) is 1. The van der Waals surface area contributed by atoms with Gasteiger partial charge in [-0.05, 0) is 25.8 Å². The molecular formula is C18H25N3O4. The molecule has 25 heavy (non-hydrogen) atoms. The lowest BCUT2D eigenvalue weighted by Crippen LogP contribution is -2.51. The number of aryl methyl sites for hydroxylation is 1. The van der Waals surface area contributed by atoms with Crippen molar-refractivity contribution in [2.45, 2.75) is 38.5 Å². The van der Waals surface area contributed by atoms with Crippen LogP contribution in [0.25, 0.3) is 0 Å². The fourth-order valence-corrected chi connectivity index (χ4v) is 3.41. The van der Waals surface area contributed by atoms with E-state index in [0.29, 0.717) is 5.76 Å². The van der Waals surface area contributed by atoms with Crippen LogP contribution in [0.3, 0.4) is 0 Å². The van der Waals surface area contributed by atoms with Gasteiger partial charge in [-0.3, -0.25) is 9.69 Å². The Bertz CT molecular complexity index is 654. The molecule has 2 heterocycles. The van der Waals surface area contributed by atoms with Crippen LogP contribution in [0, 0.1) is 6.92 Å². The molecule has 1 fully saturated rings. The van der Waals surface area contributed by atoms with Gasteiger partial charge < -0.3 is 25.6 Å². The van der Waals surface area contributed by atoms with Gasteiger partial charge in [0.05, 0.1) is 6.61 Å². The lowest BCUT2D eigenvalue weighted by Gasteiger charge is -2.36. The Kier molecular flexibility index (Phi) is 5.45. The first-order valence-electron chi connectivity index (χ1n) is 8.53. The van der Waals surface area contributed by atoms with E-state index in [1.54, 1.807) is 0 Å². The van der Waals surface area contributed by atoms with Crippen molar-refractivity contribution in [3.63, 3.8) is 0 Å². The summed E-state index contributed by atoms with van der Waals surface area (Å²) in [5, 5.41) is 13.1. The number of aliphatic hydroxyl groups is 1. The standard InChI is InChI=1S/C18H25N3O4/c1-12-2-3-15(13(8-12)9-22)20-14-4-6-21(7-5-14)17(18(19)23)16-10-24-11-25-16/h2-3,8,10,14,17,20,22H,4-7,9,11H2,1H3,(H2,19,23). The number of anilines is 1. The van der Waals surface area contributed by atoms with Gasteiger partial charge in [-0.15, -0.1) is 0 Å². The number of primary amides is 1. The zero-order valence-corrected chi connectivity index (χ0v) is 14.4. The Hall–Kier alpha value is -2.25. The summed E-state index contributed by atoms with van der Waals surface area (Å²) in [6.07, 6.45) is 3.22. The van der Waals surface area contributed by atoms with Gasteiger partial charge in [0.1, 0.15) is 6.26 Å². The van der Waals surface area contributed by atoms with Crippen molar-refractivity contribution < 1.29 is 19.4 Å². The van der Waals surface area contributed by atoms with Crippen LogP contribution >= 0.6 is 0 Å². The molecule has 1 atom stereocenters. The average Bonchev–Trinajstić information content (AvgIpc) is 3.12. The van der Waals surface area contributed by atoms with Gasteiger partial charge in [0.25, 0.3) is 0 Å². The third-order valence-corrected chi connectivity index (χ3v) is 4.72. The highest BCUT2D eigenvalue weighted by atomic mass is 16.7. The van der Waals surface area contributed by atoms with Crippen molar-refractivity contribution in [1.29, 1.82) is 0 Å². The second kappa shape index (κ2) is 7.76. The second-order valence-electron chi connectivity index (χ2n) is 6.53. The lowest BCUT2D eigenvalue weighted by atomic mass is 10.0. The van der Waals surface area contributed by atoms with Crippen LogP contribution in [0.5, 0.6) is 0 Å². The summed E-state index contributed by atoms with van der Waals surface area (Å²) in [4.78, 5) is 13.9. The number of amides is 1. The number of carbonyl (C=O) groups is 1. The van der Waals surface area contributed by atoms with Crippen molar-refractivity contribution >= 4 is 11.6 Å². The first-order valence-corrected chi connectivity index (χ1v) is 8.53. The van der Waals surface area contributed by atoms with E-state index < -0.39 is 11.9 Å². The van der Waals surface area contributed by atoms with E-state index in [0.717, 1.165) is 42.7 Å². The predicted molar refractivity (Wildman–Crippen MR) is 93.4 cm³/mol. The maximum atomic E-state index is 11.8. The van der Waals surface area contributed by atoms with Crippen LogP contribution in [0.1, 0.15) is 24.0 Å². The Morgan fingerprint density at radius 2 is 2.20 bits per heavy atom. The quantitative estimate of drug-likeness (QED) is 0.712. The summed E-state index contributed by atoms with van der Waals surface area (Å²) in [6, 6.07) is 5.74. The van der Waals surface area contributed by atoms with E-state index >= 15 is 0 Å². The normalized spacial score (nSPS) is 19.7. The number of rotatable bonds is 6. The molecule has 0 bridgehead atoms. The van der Waals surface area contributed by atoms with E-state index in [-0.39, 0.29) is 19.4 Å². The molecule has 1 saturated heterocycles. The number of ether oxygens (including phenoxy) is 2. The van der Waals surface area contributed by atoms with E-state index in [4.69, 9.17) is 15.2 Å². The molecule has 3 rings (SSSR count). The fraction of sp³-hybridized carbons (Fsp3) is 0.500. The highest BCUT2D eigenvalue weighted by molar-refractivity contribution is 5.82. The Morgan fingerprint density at radius 1 is 1.44 bits per heavy atom. The highest BCUT2D eigenvalue weighted by Gasteiger charge is 2.34. The topological polar surface area (TPSA) is 97.1 Å². The van der Waals surface area contributed by atoms with Crippen molar-refractivity contribution in [3.8, 4) is 0 Å². The van der Waals surface area contributed by atoms with E-state index in [1.165, 1.54) is 6.26 Å². The minimum Gasteiger partial charge on any atom is -0.462 e. The van der Waals surface area contributed by atoms with Crippen molar-refractivity contribution in [1.82, 2.24) is 4.90 Å². The molecule has 1 aromatic carbocycles. The molecule has 1 aromatic rings. The van der Waals surface area contributed by atoms with Crippen LogP contribution in [-0.2, 0) is 20.9 Å². The van der Waals surface area contributed by atoms with Gasteiger partial charge in [0.2, 0.25) is 12.7 Å². The maximum Gasteiger partial charge on any atom is 0.242 e. The minimum atomic E-state index is -0.573. The van der Waals surface area contributed by atoms with Crippen molar-refractivity contribution in [3.05, 3.63) is 41.3 Å². The van der Waals surface area contributed by atoms with Crippen molar-refractivity contribution in [2.75, 3.05) is 25.2 Å². The molecule has 1 unspecified atom stereocenters. The van der Waals surface area contributed by atoms with Gasteiger partial charge in [-0.1, -0.05) is 17.7 Å². The average molecular weight is 347 g/mol. The zero-order chi connectivity index (χ0) is 17.8. The molecule has 0 aliphatic carbocycles. The van der Waals surface area contributed by atoms with Crippen LogP contribution < -0.4 is 11.1 Å². The molecule has 4 N–H and O–H groups in total. The first kappa shape index (κ1) is 17.6. The SMILES string of the molecule is Cc1ccc(NC2CCN(C(C(N)=O)C3=COCO3)CC2)c(CO)c1. The van der Waals surface area contributed by atoms with Crippen LogP contribution in [0.15, 0.2) is 30.2 Å². The van der Waals surface area contributed by atoms with Crippen LogP contribution in [-0.4, -0.2) is 47.9 Å². The van der Waals surface area contributed by atoms with Crippen LogP contribution in [0.2, 0.25) is 0 Å². The molecule has 0 aromatic heterocycles. The molecule has 2 aliphatic rings. The number of nitrogens with two attached hydrogens (primary N) is 1. The van der Waals surface area contributed by atoms with Gasteiger partial charge in [0, 0.05) is 30.4 Å². The number of likely N-dealkylation sites (tertiary alicyclic amines) is 1. The number of nitrogens with one attached hydrogen (secondary N) is 1. The summed E-state index contributed by atoms with van der Waals surface area (Å²) in [5.41, 5.74) is 8.55. The number of hydrogen-bond donors (Lipinski definition) is 3. The largest absolute Gasteiger partial charge is 0.462 e. The number of carbonyl (C=O) groups excluding carboxylic acids is 1. The molecule has 136 valence electrons. The number of benzene rings is 1. The second-order valence-corrected chi connectivity index (χ2v) is 6.53. The predicted octanol–water partition coefficient (Wildman–Crippen LogP) is 1.06. The summed E-state index contributed by atoms with van der Waals surface area (Å²) in [7, 11) is 0. The molecule has 0 spiro atoms. The van der Waals surface area contributed by atoms with Crippen molar-refractivity contribution in [2.24, 2.45) is 5.73 Å². The number of hydrogen-bond acceptors (Lipinski definition) is 6. The molecular weight excluding hydrogens is 322 g/mol. The molecule has 0 saturated carbocycles. The number of aliphatic hydroxyl groups excluding tert-OH is 1.